The molecule has 2 heterocycles. The van der Waals surface area contributed by atoms with Gasteiger partial charge < -0.3 is 9.80 Å². The van der Waals surface area contributed by atoms with Crippen LogP contribution in [0.15, 0.2) is 30.3 Å². The first-order valence-corrected chi connectivity index (χ1v) is 6.62. The Bertz CT molecular complexity index is 594. The summed E-state index contributed by atoms with van der Waals surface area (Å²) < 4.78 is 0. The first-order valence-electron chi connectivity index (χ1n) is 6.24. The van der Waals surface area contributed by atoms with Gasteiger partial charge in [-0.15, -0.1) is 0 Å². The molecule has 0 radical (unpaired) electrons. The van der Waals surface area contributed by atoms with Gasteiger partial charge in [0.2, 0.25) is 0 Å². The van der Waals surface area contributed by atoms with E-state index >= 15 is 0 Å². The summed E-state index contributed by atoms with van der Waals surface area (Å²) in [5.74, 6) is 1.55. The highest BCUT2D eigenvalue weighted by atomic mass is 35.5. The van der Waals surface area contributed by atoms with Gasteiger partial charge >= 0.3 is 0 Å². The van der Waals surface area contributed by atoms with Gasteiger partial charge in [0.15, 0.2) is 0 Å². The first kappa shape index (κ1) is 12.2. The molecule has 2 aromatic rings. The Hall–Kier alpha value is -1.81. The number of benzene rings is 1. The lowest BCUT2D eigenvalue weighted by molar-refractivity contribution is 0.808. The summed E-state index contributed by atoms with van der Waals surface area (Å²) in [6.45, 7) is 3.70. The van der Waals surface area contributed by atoms with Crippen LogP contribution in [0.2, 0.25) is 5.15 Å². The van der Waals surface area contributed by atoms with Crippen molar-refractivity contribution in [1.82, 2.24) is 9.97 Å². The molecule has 1 aromatic carbocycles. The van der Waals surface area contributed by atoms with Crippen LogP contribution in [0.25, 0.3) is 0 Å². The molecule has 5 heteroatoms. The van der Waals surface area contributed by atoms with Gasteiger partial charge in [0.05, 0.1) is 11.4 Å². The Morgan fingerprint density at radius 3 is 2.58 bits per heavy atom. The van der Waals surface area contributed by atoms with Crippen molar-refractivity contribution in [2.75, 3.05) is 29.9 Å². The Kier molecular flexibility index (Phi) is 3.03. The molecular formula is C14H15ClN4. The second-order valence-corrected chi connectivity index (χ2v) is 5.05. The number of nitrogens with zero attached hydrogens (tertiary/aromatic N) is 4. The van der Waals surface area contributed by atoms with E-state index in [-0.39, 0.29) is 0 Å². The van der Waals surface area contributed by atoms with E-state index in [9.17, 15) is 0 Å². The molecule has 1 aromatic heterocycles. The van der Waals surface area contributed by atoms with Gasteiger partial charge in [-0.1, -0.05) is 23.7 Å². The number of fused-ring (bicyclic) bond motifs is 1. The zero-order chi connectivity index (χ0) is 13.4. The fourth-order valence-electron chi connectivity index (χ4n) is 2.40. The van der Waals surface area contributed by atoms with Crippen LogP contribution in [0.3, 0.4) is 0 Å². The average Bonchev–Trinajstić information content (AvgIpc) is 2.38. The molecule has 0 saturated carbocycles. The maximum Gasteiger partial charge on any atom is 0.138 e. The first-order chi connectivity index (χ1) is 9.15. The number of para-hydroxylation sites is 2. The minimum atomic E-state index is 0.485. The molecule has 0 spiro atoms. The molecule has 1 aliphatic heterocycles. The van der Waals surface area contributed by atoms with E-state index in [1.54, 1.807) is 0 Å². The van der Waals surface area contributed by atoms with Crippen molar-refractivity contribution in [3.05, 3.63) is 41.3 Å². The van der Waals surface area contributed by atoms with E-state index in [2.05, 4.69) is 45.0 Å². The molecule has 0 aliphatic carbocycles. The highest BCUT2D eigenvalue weighted by molar-refractivity contribution is 6.29. The van der Waals surface area contributed by atoms with E-state index in [4.69, 9.17) is 11.6 Å². The van der Waals surface area contributed by atoms with Crippen LogP contribution >= 0.6 is 11.6 Å². The molecular weight excluding hydrogens is 260 g/mol. The third-order valence-electron chi connectivity index (χ3n) is 3.31. The monoisotopic (exact) mass is 274 g/mol. The molecule has 4 nitrogen and oxygen atoms in total. The minimum Gasteiger partial charge on any atom is -0.371 e. The van der Waals surface area contributed by atoms with Gasteiger partial charge in [0, 0.05) is 26.2 Å². The fourth-order valence-corrected chi connectivity index (χ4v) is 2.62. The normalized spacial score (nSPS) is 14.5. The molecule has 1 aliphatic rings. The predicted molar refractivity (Wildman–Crippen MR) is 78.5 cm³/mol. The number of halogens is 1. The summed E-state index contributed by atoms with van der Waals surface area (Å²) >= 11 is 6.04. The molecule has 0 fully saturated rings. The maximum absolute atomic E-state index is 6.04. The standard InChI is InChI=1S/C14H15ClN4/c1-10-16-13(15)9-14(17-10)19-8-7-18(2)11-5-3-4-6-12(11)19/h3-6,9H,7-8H2,1-2H3. The van der Waals surface area contributed by atoms with Crippen molar-refractivity contribution in [3.63, 3.8) is 0 Å². The highest BCUT2D eigenvalue weighted by Crippen LogP contribution is 2.36. The maximum atomic E-state index is 6.04. The molecule has 0 unspecified atom stereocenters. The van der Waals surface area contributed by atoms with Crippen molar-refractivity contribution in [3.8, 4) is 0 Å². The largest absolute Gasteiger partial charge is 0.371 e. The Labute approximate surface area is 117 Å². The summed E-state index contributed by atoms with van der Waals surface area (Å²) in [5.41, 5.74) is 2.37. The van der Waals surface area contributed by atoms with Crippen LogP contribution in [0.5, 0.6) is 0 Å². The predicted octanol–water partition coefficient (Wildman–Crippen LogP) is 3.03. The number of anilines is 3. The third-order valence-corrected chi connectivity index (χ3v) is 3.51. The van der Waals surface area contributed by atoms with E-state index in [0.717, 1.165) is 24.6 Å². The zero-order valence-corrected chi connectivity index (χ0v) is 11.7. The van der Waals surface area contributed by atoms with Gasteiger partial charge in [0.25, 0.3) is 0 Å². The van der Waals surface area contributed by atoms with Gasteiger partial charge in [-0.3, -0.25) is 0 Å². The van der Waals surface area contributed by atoms with Crippen LogP contribution in [0.4, 0.5) is 17.2 Å². The van der Waals surface area contributed by atoms with Crippen molar-refractivity contribution in [2.24, 2.45) is 0 Å². The van der Waals surface area contributed by atoms with E-state index in [1.807, 2.05) is 19.1 Å². The molecule has 19 heavy (non-hydrogen) atoms. The topological polar surface area (TPSA) is 32.3 Å². The van der Waals surface area contributed by atoms with Crippen LogP contribution in [0, 0.1) is 6.92 Å². The smallest absolute Gasteiger partial charge is 0.138 e. The van der Waals surface area contributed by atoms with Crippen molar-refractivity contribution in [2.45, 2.75) is 6.92 Å². The lowest BCUT2D eigenvalue weighted by Crippen LogP contribution is -2.36. The van der Waals surface area contributed by atoms with Crippen molar-refractivity contribution >= 4 is 28.8 Å². The molecule has 0 atom stereocenters. The Morgan fingerprint density at radius 1 is 1.11 bits per heavy atom. The van der Waals surface area contributed by atoms with E-state index in [1.165, 1.54) is 5.69 Å². The van der Waals surface area contributed by atoms with Crippen molar-refractivity contribution < 1.29 is 0 Å². The average molecular weight is 275 g/mol. The van der Waals surface area contributed by atoms with Crippen LogP contribution < -0.4 is 9.80 Å². The highest BCUT2D eigenvalue weighted by Gasteiger charge is 2.22. The summed E-state index contributed by atoms with van der Waals surface area (Å²) in [7, 11) is 2.11. The Balaban J connectivity index is 2.09. The summed E-state index contributed by atoms with van der Waals surface area (Å²) in [5, 5.41) is 0.485. The summed E-state index contributed by atoms with van der Waals surface area (Å²) in [4.78, 5) is 13.1. The third kappa shape index (κ3) is 2.24. The SMILES string of the molecule is Cc1nc(Cl)cc(N2CCN(C)c3ccccc32)n1. The summed E-state index contributed by atoms with van der Waals surface area (Å²) in [6.07, 6.45) is 0. The quantitative estimate of drug-likeness (QED) is 0.748. The molecule has 98 valence electrons. The molecule has 0 saturated heterocycles. The van der Waals surface area contributed by atoms with Crippen LogP contribution in [-0.2, 0) is 0 Å². The van der Waals surface area contributed by atoms with E-state index < -0.39 is 0 Å². The number of hydrogen-bond acceptors (Lipinski definition) is 4. The molecule has 3 rings (SSSR count). The molecule has 0 amide bonds. The van der Waals surface area contributed by atoms with Crippen molar-refractivity contribution in [1.29, 1.82) is 0 Å². The zero-order valence-electron chi connectivity index (χ0n) is 11.0. The second kappa shape index (κ2) is 4.70. The van der Waals surface area contributed by atoms with Gasteiger partial charge in [0.1, 0.15) is 16.8 Å². The second-order valence-electron chi connectivity index (χ2n) is 4.66. The van der Waals surface area contributed by atoms with Gasteiger partial charge in [-0.2, -0.15) is 0 Å². The number of aromatic nitrogens is 2. The van der Waals surface area contributed by atoms with E-state index in [0.29, 0.717) is 11.0 Å². The Morgan fingerprint density at radius 2 is 1.84 bits per heavy atom. The number of hydrogen-bond donors (Lipinski definition) is 0. The number of rotatable bonds is 1. The molecule has 0 bridgehead atoms. The minimum absolute atomic E-state index is 0.485. The van der Waals surface area contributed by atoms with Gasteiger partial charge in [-0.05, 0) is 19.1 Å². The fraction of sp³-hybridized carbons (Fsp3) is 0.286. The lowest BCUT2D eigenvalue weighted by atomic mass is 10.2. The number of aryl methyl sites for hydroxylation is 1. The van der Waals surface area contributed by atoms with Crippen LogP contribution in [0.1, 0.15) is 5.82 Å². The molecule has 0 N–H and O–H groups in total. The van der Waals surface area contributed by atoms with Gasteiger partial charge in [-0.25, -0.2) is 9.97 Å². The number of likely N-dealkylation sites (N-methyl/N-ethyl adjacent to an activating group) is 1. The lowest BCUT2D eigenvalue weighted by Gasteiger charge is -2.36. The summed E-state index contributed by atoms with van der Waals surface area (Å²) in [6, 6.07) is 10.1. The van der Waals surface area contributed by atoms with Crippen LogP contribution in [-0.4, -0.2) is 30.1 Å².